The number of rotatable bonds is 1. The molecule has 2 rings (SSSR count). The maximum atomic E-state index is 5.83. The van der Waals surface area contributed by atoms with Crippen LogP contribution in [0.15, 0.2) is 0 Å². The molecule has 1 saturated heterocycles. The Labute approximate surface area is 104 Å². The average Bonchev–Trinajstić information content (AvgIpc) is 2.54. The van der Waals surface area contributed by atoms with Crippen molar-refractivity contribution in [1.82, 2.24) is 9.78 Å². The van der Waals surface area contributed by atoms with E-state index in [2.05, 4.69) is 39.3 Å². The predicted octanol–water partition coefficient (Wildman–Crippen LogP) is 3.50. The maximum absolute atomic E-state index is 5.83. The number of hydrogen-bond donors (Lipinski definition) is 0. The van der Waals surface area contributed by atoms with E-state index in [4.69, 9.17) is 9.84 Å². The largest absolute Gasteiger partial charge is 0.357 e. The summed E-state index contributed by atoms with van der Waals surface area (Å²) in [5.41, 5.74) is 3.93. The summed E-state index contributed by atoms with van der Waals surface area (Å²) in [6.45, 7) is 11.9. The van der Waals surface area contributed by atoms with Crippen molar-refractivity contribution in [3.63, 3.8) is 0 Å². The van der Waals surface area contributed by atoms with E-state index in [1.807, 2.05) is 0 Å². The van der Waals surface area contributed by atoms with Crippen LogP contribution in [0.2, 0.25) is 0 Å². The Kier molecular flexibility index (Phi) is 3.30. The van der Waals surface area contributed by atoms with Crippen LogP contribution in [0, 0.1) is 13.8 Å². The van der Waals surface area contributed by atoms with Crippen LogP contribution in [-0.4, -0.2) is 16.4 Å². The summed E-state index contributed by atoms with van der Waals surface area (Å²) >= 11 is 0. The van der Waals surface area contributed by atoms with Gasteiger partial charge in [-0.25, -0.2) is 4.68 Å². The van der Waals surface area contributed by atoms with Crippen LogP contribution in [0.3, 0.4) is 0 Å². The molecule has 1 aliphatic heterocycles. The molecule has 1 aliphatic rings. The Hall–Kier alpha value is -0.830. The van der Waals surface area contributed by atoms with Crippen LogP contribution in [-0.2, 0) is 10.2 Å². The zero-order valence-corrected chi connectivity index (χ0v) is 11.7. The third kappa shape index (κ3) is 2.39. The van der Waals surface area contributed by atoms with Crippen LogP contribution in [0.1, 0.15) is 63.2 Å². The van der Waals surface area contributed by atoms with E-state index in [1.165, 1.54) is 24.1 Å². The topological polar surface area (TPSA) is 27.1 Å². The third-order valence-corrected chi connectivity index (χ3v) is 3.50. The summed E-state index contributed by atoms with van der Waals surface area (Å²) in [7, 11) is 0. The zero-order chi connectivity index (χ0) is 12.6. The molecule has 0 amide bonds. The lowest BCUT2D eigenvalue weighted by Gasteiger charge is -2.25. The summed E-state index contributed by atoms with van der Waals surface area (Å²) in [4.78, 5) is 0. The fourth-order valence-electron chi connectivity index (χ4n) is 2.95. The van der Waals surface area contributed by atoms with E-state index < -0.39 is 0 Å². The van der Waals surface area contributed by atoms with Gasteiger partial charge in [0.05, 0.1) is 5.69 Å². The molecule has 0 saturated carbocycles. The summed E-state index contributed by atoms with van der Waals surface area (Å²) < 4.78 is 7.92. The Balaban J connectivity index is 2.36. The SMILES string of the molecule is Cc1nn(C2CCCCO2)c(C)c1C(C)(C)C. The summed E-state index contributed by atoms with van der Waals surface area (Å²) in [6.07, 6.45) is 3.67. The van der Waals surface area contributed by atoms with Gasteiger partial charge in [-0.15, -0.1) is 0 Å². The van der Waals surface area contributed by atoms with E-state index in [-0.39, 0.29) is 11.6 Å². The van der Waals surface area contributed by atoms with E-state index in [0.29, 0.717) is 0 Å². The molecule has 0 aliphatic carbocycles. The first-order valence-corrected chi connectivity index (χ1v) is 6.59. The Morgan fingerprint density at radius 1 is 1.24 bits per heavy atom. The maximum Gasteiger partial charge on any atom is 0.150 e. The predicted molar refractivity (Wildman–Crippen MR) is 69.2 cm³/mol. The van der Waals surface area contributed by atoms with E-state index in [1.54, 1.807) is 0 Å². The zero-order valence-electron chi connectivity index (χ0n) is 11.7. The van der Waals surface area contributed by atoms with Crippen molar-refractivity contribution in [2.75, 3.05) is 6.61 Å². The minimum absolute atomic E-state index is 0.151. The molecule has 0 aromatic carbocycles. The van der Waals surface area contributed by atoms with Crippen molar-refractivity contribution in [3.05, 3.63) is 17.0 Å². The summed E-state index contributed by atoms with van der Waals surface area (Å²) in [6, 6.07) is 0. The number of ether oxygens (including phenoxy) is 1. The molecule has 96 valence electrons. The van der Waals surface area contributed by atoms with Crippen LogP contribution in [0.4, 0.5) is 0 Å². The lowest BCUT2D eigenvalue weighted by atomic mass is 9.85. The van der Waals surface area contributed by atoms with Gasteiger partial charge in [-0.1, -0.05) is 20.8 Å². The van der Waals surface area contributed by atoms with E-state index in [0.717, 1.165) is 18.7 Å². The van der Waals surface area contributed by atoms with Crippen LogP contribution >= 0.6 is 0 Å². The second-order valence-corrected chi connectivity index (χ2v) is 6.06. The molecule has 1 aromatic heterocycles. The fraction of sp³-hybridized carbons (Fsp3) is 0.786. The highest BCUT2D eigenvalue weighted by Crippen LogP contribution is 2.32. The number of hydrogen-bond acceptors (Lipinski definition) is 2. The van der Waals surface area contributed by atoms with Crippen molar-refractivity contribution in [3.8, 4) is 0 Å². The Morgan fingerprint density at radius 3 is 2.41 bits per heavy atom. The molecule has 1 unspecified atom stereocenters. The second kappa shape index (κ2) is 4.45. The van der Waals surface area contributed by atoms with Gasteiger partial charge in [-0.3, -0.25) is 0 Å². The minimum atomic E-state index is 0.151. The number of aromatic nitrogens is 2. The highest BCUT2D eigenvalue weighted by atomic mass is 16.5. The van der Waals surface area contributed by atoms with Gasteiger partial charge in [0.2, 0.25) is 0 Å². The molecule has 0 bridgehead atoms. The van der Waals surface area contributed by atoms with Gasteiger partial charge in [0.15, 0.2) is 0 Å². The molecule has 3 nitrogen and oxygen atoms in total. The van der Waals surface area contributed by atoms with Crippen molar-refractivity contribution >= 4 is 0 Å². The first kappa shape index (κ1) is 12.6. The first-order valence-electron chi connectivity index (χ1n) is 6.59. The van der Waals surface area contributed by atoms with Gasteiger partial charge >= 0.3 is 0 Å². The quantitative estimate of drug-likeness (QED) is 0.746. The molecule has 0 N–H and O–H groups in total. The highest BCUT2D eigenvalue weighted by molar-refractivity contribution is 5.31. The molecule has 0 spiro atoms. The molecule has 2 heterocycles. The van der Waals surface area contributed by atoms with Crippen molar-refractivity contribution in [1.29, 1.82) is 0 Å². The molecule has 1 aromatic rings. The monoisotopic (exact) mass is 236 g/mol. The third-order valence-electron chi connectivity index (χ3n) is 3.50. The van der Waals surface area contributed by atoms with Crippen molar-refractivity contribution in [2.45, 2.75) is 65.5 Å². The minimum Gasteiger partial charge on any atom is -0.357 e. The Morgan fingerprint density at radius 2 is 1.94 bits per heavy atom. The van der Waals surface area contributed by atoms with Crippen LogP contribution < -0.4 is 0 Å². The normalized spacial score (nSPS) is 21.8. The van der Waals surface area contributed by atoms with Crippen molar-refractivity contribution < 1.29 is 4.74 Å². The number of aryl methyl sites for hydroxylation is 1. The molecule has 3 heteroatoms. The van der Waals surface area contributed by atoms with Gasteiger partial charge in [-0.05, 0) is 38.5 Å². The molecular weight excluding hydrogens is 212 g/mol. The van der Waals surface area contributed by atoms with Gasteiger partial charge in [-0.2, -0.15) is 5.10 Å². The summed E-state index contributed by atoms with van der Waals surface area (Å²) in [5.74, 6) is 0. The second-order valence-electron chi connectivity index (χ2n) is 6.06. The van der Waals surface area contributed by atoms with E-state index in [9.17, 15) is 0 Å². The number of nitrogens with zero attached hydrogens (tertiary/aromatic N) is 2. The lowest BCUT2D eigenvalue weighted by molar-refractivity contribution is -0.0408. The molecule has 1 fully saturated rings. The molecule has 0 radical (unpaired) electrons. The average molecular weight is 236 g/mol. The van der Waals surface area contributed by atoms with E-state index >= 15 is 0 Å². The molecule has 1 atom stereocenters. The van der Waals surface area contributed by atoms with Gasteiger partial charge in [0.1, 0.15) is 6.23 Å². The molecule has 17 heavy (non-hydrogen) atoms. The Bertz CT molecular complexity index is 395. The highest BCUT2D eigenvalue weighted by Gasteiger charge is 2.27. The van der Waals surface area contributed by atoms with Gasteiger partial charge < -0.3 is 4.74 Å². The van der Waals surface area contributed by atoms with Crippen molar-refractivity contribution in [2.24, 2.45) is 0 Å². The molecular formula is C14H24N2O. The van der Waals surface area contributed by atoms with Crippen LogP contribution in [0.5, 0.6) is 0 Å². The lowest BCUT2D eigenvalue weighted by Crippen LogP contribution is -2.21. The van der Waals surface area contributed by atoms with Gasteiger partial charge in [0.25, 0.3) is 0 Å². The first-order chi connectivity index (χ1) is 7.91. The summed E-state index contributed by atoms with van der Waals surface area (Å²) in [5, 5.41) is 4.69. The van der Waals surface area contributed by atoms with Crippen LogP contribution in [0.25, 0.3) is 0 Å². The fourth-order valence-corrected chi connectivity index (χ4v) is 2.95. The standard InChI is InChI=1S/C14H24N2O/c1-10-13(14(3,4)5)11(2)16(15-10)12-8-6-7-9-17-12/h12H,6-9H2,1-5H3. The smallest absolute Gasteiger partial charge is 0.150 e. The van der Waals surface area contributed by atoms with Gasteiger partial charge in [0, 0.05) is 17.9 Å².